The lowest BCUT2D eigenvalue weighted by atomic mass is 9.94. The maximum absolute atomic E-state index is 4.67. The van der Waals surface area contributed by atoms with Crippen molar-refractivity contribution in [2.45, 2.75) is 45.1 Å². The van der Waals surface area contributed by atoms with Crippen LogP contribution in [0.3, 0.4) is 0 Å². The molecule has 0 bridgehead atoms. The molecule has 3 aromatic rings. The van der Waals surface area contributed by atoms with Gasteiger partial charge in [-0.15, -0.1) is 11.3 Å². The van der Waals surface area contributed by atoms with E-state index in [1.807, 2.05) is 22.8 Å². The van der Waals surface area contributed by atoms with E-state index in [4.69, 9.17) is 0 Å². The lowest BCUT2D eigenvalue weighted by molar-refractivity contribution is 0.199. The maximum Gasteiger partial charge on any atom is 0.252 e. The number of nitrogens with zero attached hydrogens (tertiary/aromatic N) is 7. The molecule has 1 unspecified atom stereocenters. The second kappa shape index (κ2) is 7.16. The number of rotatable bonds is 4. The molecule has 2 fully saturated rings. The third kappa shape index (κ3) is 3.43. The molecule has 0 N–H and O–H groups in total. The summed E-state index contributed by atoms with van der Waals surface area (Å²) < 4.78 is 1.92. The Morgan fingerprint density at radius 3 is 2.93 bits per heavy atom. The summed E-state index contributed by atoms with van der Waals surface area (Å²) in [7, 11) is 0. The zero-order chi connectivity index (χ0) is 18.2. The van der Waals surface area contributed by atoms with E-state index >= 15 is 0 Å². The third-order valence-electron chi connectivity index (χ3n) is 5.63. The fourth-order valence-electron chi connectivity index (χ4n) is 4.34. The first-order valence-electron chi connectivity index (χ1n) is 9.85. The molecule has 2 aliphatic heterocycles. The molecule has 27 heavy (non-hydrogen) atoms. The van der Waals surface area contributed by atoms with Crippen LogP contribution in [0.4, 0.5) is 5.13 Å². The first kappa shape index (κ1) is 17.1. The van der Waals surface area contributed by atoms with Crippen LogP contribution in [0, 0.1) is 6.92 Å². The van der Waals surface area contributed by atoms with E-state index in [0.717, 1.165) is 38.4 Å². The Bertz CT molecular complexity index is 927. The summed E-state index contributed by atoms with van der Waals surface area (Å²) in [5.41, 5.74) is 2.25. The molecule has 0 aromatic carbocycles. The molecule has 8 heteroatoms. The van der Waals surface area contributed by atoms with Crippen LogP contribution < -0.4 is 4.90 Å². The molecule has 7 nitrogen and oxygen atoms in total. The van der Waals surface area contributed by atoms with Gasteiger partial charge < -0.3 is 4.90 Å². The SMILES string of the molecule is Cc1cc(C2CCCN(Cc3cnc(N4CCCC4)s3)C2)n2ncnc2n1. The van der Waals surface area contributed by atoms with E-state index in [1.165, 1.54) is 41.4 Å². The second-order valence-corrected chi connectivity index (χ2v) is 8.77. The molecule has 0 saturated carbocycles. The van der Waals surface area contributed by atoms with Gasteiger partial charge in [-0.1, -0.05) is 0 Å². The van der Waals surface area contributed by atoms with Crippen LogP contribution >= 0.6 is 11.3 Å². The fourth-order valence-corrected chi connectivity index (χ4v) is 5.34. The molecule has 1 atom stereocenters. The Hall–Kier alpha value is -2.06. The van der Waals surface area contributed by atoms with Crippen LogP contribution in [0.15, 0.2) is 18.6 Å². The van der Waals surface area contributed by atoms with Crippen LogP contribution in [-0.2, 0) is 6.54 Å². The highest BCUT2D eigenvalue weighted by molar-refractivity contribution is 7.15. The van der Waals surface area contributed by atoms with E-state index in [9.17, 15) is 0 Å². The van der Waals surface area contributed by atoms with Gasteiger partial charge in [0.1, 0.15) is 6.33 Å². The van der Waals surface area contributed by atoms with Crippen molar-refractivity contribution in [2.24, 2.45) is 0 Å². The fraction of sp³-hybridized carbons (Fsp3) is 0.579. The summed E-state index contributed by atoms with van der Waals surface area (Å²) in [5.74, 6) is 1.18. The minimum Gasteiger partial charge on any atom is -0.348 e. The van der Waals surface area contributed by atoms with E-state index in [1.54, 1.807) is 6.33 Å². The number of anilines is 1. The maximum atomic E-state index is 4.67. The van der Waals surface area contributed by atoms with E-state index in [0.29, 0.717) is 11.7 Å². The number of piperidine rings is 1. The van der Waals surface area contributed by atoms with Crippen molar-refractivity contribution in [1.82, 2.24) is 29.5 Å². The molecule has 0 radical (unpaired) electrons. The highest BCUT2D eigenvalue weighted by Crippen LogP contribution is 2.30. The Balaban J connectivity index is 1.31. The molecule has 3 aromatic heterocycles. The minimum absolute atomic E-state index is 0.468. The number of thiazole rings is 1. The lowest BCUT2D eigenvalue weighted by Gasteiger charge is -2.32. The van der Waals surface area contributed by atoms with Gasteiger partial charge in [0.15, 0.2) is 5.13 Å². The van der Waals surface area contributed by atoms with Crippen molar-refractivity contribution < 1.29 is 0 Å². The number of aromatic nitrogens is 5. The molecule has 2 saturated heterocycles. The summed E-state index contributed by atoms with van der Waals surface area (Å²) in [6.45, 7) is 7.55. The van der Waals surface area contributed by atoms with Gasteiger partial charge in [-0.05, 0) is 45.2 Å². The standard InChI is InChI=1S/C19H25N7S/c1-14-9-17(26-18(23-14)21-13-22-26)15-5-4-6-24(11-15)12-16-10-20-19(27-16)25-7-2-3-8-25/h9-10,13,15H,2-8,11-12H2,1H3. The predicted molar refractivity (Wildman–Crippen MR) is 106 cm³/mol. The van der Waals surface area contributed by atoms with Crippen molar-refractivity contribution in [2.75, 3.05) is 31.1 Å². The number of fused-ring (bicyclic) bond motifs is 1. The number of hydrogen-bond donors (Lipinski definition) is 0. The monoisotopic (exact) mass is 383 g/mol. The minimum atomic E-state index is 0.468. The van der Waals surface area contributed by atoms with Crippen molar-refractivity contribution in [3.63, 3.8) is 0 Å². The summed E-state index contributed by atoms with van der Waals surface area (Å²) in [5, 5.41) is 5.60. The van der Waals surface area contributed by atoms with Crippen molar-refractivity contribution in [3.05, 3.63) is 34.9 Å². The predicted octanol–water partition coefficient (Wildman–Crippen LogP) is 2.87. The van der Waals surface area contributed by atoms with Crippen molar-refractivity contribution >= 4 is 22.2 Å². The van der Waals surface area contributed by atoms with Gasteiger partial charge >= 0.3 is 0 Å². The molecule has 2 aliphatic rings. The molecule has 0 aliphatic carbocycles. The summed E-state index contributed by atoms with van der Waals surface area (Å²) in [6, 6.07) is 2.17. The normalized spacial score (nSPS) is 21.4. The highest BCUT2D eigenvalue weighted by Gasteiger charge is 2.25. The summed E-state index contributed by atoms with van der Waals surface area (Å²) in [4.78, 5) is 19.8. The highest BCUT2D eigenvalue weighted by atomic mass is 32.1. The van der Waals surface area contributed by atoms with E-state index < -0.39 is 0 Å². The molecular weight excluding hydrogens is 358 g/mol. The molecule has 5 rings (SSSR count). The van der Waals surface area contributed by atoms with E-state index in [2.05, 4.69) is 42.1 Å². The Kier molecular flexibility index (Phi) is 4.53. The molecule has 0 spiro atoms. The van der Waals surface area contributed by atoms with Gasteiger partial charge in [0.25, 0.3) is 5.78 Å². The molecule has 5 heterocycles. The van der Waals surface area contributed by atoms with Gasteiger partial charge in [-0.2, -0.15) is 10.1 Å². The Morgan fingerprint density at radius 2 is 2.04 bits per heavy atom. The number of likely N-dealkylation sites (tertiary alicyclic amines) is 1. The third-order valence-corrected chi connectivity index (χ3v) is 6.67. The van der Waals surface area contributed by atoms with Crippen molar-refractivity contribution in [3.8, 4) is 0 Å². The Morgan fingerprint density at radius 1 is 1.15 bits per heavy atom. The molecule has 142 valence electrons. The van der Waals surface area contributed by atoms with Crippen LogP contribution in [0.1, 0.15) is 47.9 Å². The average Bonchev–Trinajstić information content (AvgIpc) is 3.42. The lowest BCUT2D eigenvalue weighted by Crippen LogP contribution is -2.34. The van der Waals surface area contributed by atoms with Gasteiger partial charge in [0.2, 0.25) is 0 Å². The molecular formula is C19H25N7S. The quantitative estimate of drug-likeness (QED) is 0.690. The zero-order valence-corrected chi connectivity index (χ0v) is 16.5. The number of hydrogen-bond acceptors (Lipinski definition) is 7. The van der Waals surface area contributed by atoms with Gasteiger partial charge in [-0.3, -0.25) is 4.90 Å². The van der Waals surface area contributed by atoms with Crippen LogP contribution in [0.5, 0.6) is 0 Å². The van der Waals surface area contributed by atoms with Crippen molar-refractivity contribution in [1.29, 1.82) is 0 Å². The average molecular weight is 384 g/mol. The number of aryl methyl sites for hydroxylation is 1. The van der Waals surface area contributed by atoms with E-state index in [-0.39, 0.29) is 0 Å². The Labute approximate surface area is 163 Å². The topological polar surface area (TPSA) is 62.5 Å². The van der Waals surface area contributed by atoms with Crippen LogP contribution in [0.25, 0.3) is 5.78 Å². The first-order chi connectivity index (χ1) is 13.3. The second-order valence-electron chi connectivity index (χ2n) is 7.67. The smallest absolute Gasteiger partial charge is 0.252 e. The summed E-state index contributed by atoms with van der Waals surface area (Å²) >= 11 is 1.86. The van der Waals surface area contributed by atoms with Gasteiger partial charge in [-0.25, -0.2) is 14.5 Å². The first-order valence-corrected chi connectivity index (χ1v) is 10.7. The zero-order valence-electron chi connectivity index (χ0n) is 15.7. The van der Waals surface area contributed by atoms with Gasteiger partial charge in [0, 0.05) is 48.9 Å². The molecule has 0 amide bonds. The van der Waals surface area contributed by atoms with Gasteiger partial charge in [0.05, 0.1) is 5.69 Å². The van der Waals surface area contributed by atoms with Crippen LogP contribution in [0.2, 0.25) is 0 Å². The largest absolute Gasteiger partial charge is 0.348 e. The summed E-state index contributed by atoms with van der Waals surface area (Å²) in [6.07, 6.45) is 8.67. The van der Waals surface area contributed by atoms with Crippen LogP contribution in [-0.4, -0.2) is 55.6 Å².